The van der Waals surface area contributed by atoms with Crippen LogP contribution in [0.4, 0.5) is 5.69 Å². The fourth-order valence-electron chi connectivity index (χ4n) is 2.45. The molecule has 2 rings (SSSR count). The van der Waals surface area contributed by atoms with Crippen LogP contribution >= 0.6 is 0 Å². The highest BCUT2D eigenvalue weighted by atomic mass is 16.5. The van der Waals surface area contributed by atoms with Crippen LogP contribution in [0.5, 0.6) is 5.75 Å². The second kappa shape index (κ2) is 7.77. The number of aryl methyl sites for hydroxylation is 2. The standard InChI is InChI=1S/C20H23NO3/c1-5-16-8-6-7-13(2)19(16)21-20(23)15(4)24-18-11-9-17(10-12-18)14(3)22/h6-12,15H,5H2,1-4H3,(H,21,23)/t15-/m1/s1. The number of anilines is 1. The van der Waals surface area contributed by atoms with E-state index in [0.717, 1.165) is 23.2 Å². The quantitative estimate of drug-likeness (QED) is 0.811. The minimum Gasteiger partial charge on any atom is -0.481 e. The fraction of sp³-hybridized carbons (Fsp3) is 0.300. The Morgan fingerprint density at radius 3 is 2.38 bits per heavy atom. The maximum absolute atomic E-state index is 12.4. The number of hydrogen-bond acceptors (Lipinski definition) is 3. The first-order valence-electron chi connectivity index (χ1n) is 8.09. The average molecular weight is 325 g/mol. The van der Waals surface area contributed by atoms with Crippen LogP contribution < -0.4 is 10.1 Å². The Hall–Kier alpha value is -2.62. The molecule has 0 heterocycles. The molecule has 0 aliphatic heterocycles. The molecule has 0 fully saturated rings. The molecule has 0 aliphatic carbocycles. The van der Waals surface area contributed by atoms with E-state index in [-0.39, 0.29) is 11.7 Å². The largest absolute Gasteiger partial charge is 0.481 e. The Morgan fingerprint density at radius 2 is 1.79 bits per heavy atom. The summed E-state index contributed by atoms with van der Waals surface area (Å²) in [6, 6.07) is 12.8. The maximum Gasteiger partial charge on any atom is 0.265 e. The van der Waals surface area contributed by atoms with Gasteiger partial charge in [-0.05, 0) is 62.6 Å². The van der Waals surface area contributed by atoms with E-state index in [4.69, 9.17) is 4.74 Å². The third-order valence-corrected chi connectivity index (χ3v) is 3.93. The number of benzene rings is 2. The van der Waals surface area contributed by atoms with E-state index in [1.807, 2.05) is 25.1 Å². The van der Waals surface area contributed by atoms with Gasteiger partial charge in [0.25, 0.3) is 5.91 Å². The number of amides is 1. The number of nitrogens with one attached hydrogen (secondary N) is 1. The molecule has 0 saturated carbocycles. The molecule has 0 saturated heterocycles. The minimum absolute atomic E-state index is 0.000936. The van der Waals surface area contributed by atoms with Gasteiger partial charge in [0.05, 0.1) is 0 Å². The van der Waals surface area contributed by atoms with E-state index in [9.17, 15) is 9.59 Å². The van der Waals surface area contributed by atoms with Crippen LogP contribution in [0.3, 0.4) is 0 Å². The van der Waals surface area contributed by atoms with Crippen molar-refractivity contribution in [3.05, 3.63) is 59.2 Å². The minimum atomic E-state index is -0.641. The summed E-state index contributed by atoms with van der Waals surface area (Å²) >= 11 is 0. The number of para-hydroxylation sites is 1. The van der Waals surface area contributed by atoms with E-state index < -0.39 is 6.10 Å². The van der Waals surface area contributed by atoms with Gasteiger partial charge in [-0.15, -0.1) is 0 Å². The van der Waals surface area contributed by atoms with Gasteiger partial charge in [-0.3, -0.25) is 9.59 Å². The molecule has 4 nitrogen and oxygen atoms in total. The molecule has 0 aliphatic rings. The van der Waals surface area contributed by atoms with Crippen LogP contribution in [0.1, 0.15) is 42.3 Å². The number of ether oxygens (including phenoxy) is 1. The molecule has 0 spiro atoms. The lowest BCUT2D eigenvalue weighted by molar-refractivity contribution is -0.122. The van der Waals surface area contributed by atoms with Gasteiger partial charge in [0.1, 0.15) is 5.75 Å². The van der Waals surface area contributed by atoms with Crippen molar-refractivity contribution in [2.75, 3.05) is 5.32 Å². The first-order valence-corrected chi connectivity index (χ1v) is 8.09. The average Bonchev–Trinajstić information content (AvgIpc) is 2.57. The van der Waals surface area contributed by atoms with E-state index in [0.29, 0.717) is 11.3 Å². The molecular formula is C20H23NO3. The Bertz CT molecular complexity index is 735. The summed E-state index contributed by atoms with van der Waals surface area (Å²) in [4.78, 5) is 23.7. The van der Waals surface area contributed by atoms with Gasteiger partial charge >= 0.3 is 0 Å². The highest BCUT2D eigenvalue weighted by Crippen LogP contribution is 2.22. The normalized spacial score (nSPS) is 11.7. The third-order valence-electron chi connectivity index (χ3n) is 3.93. The fourth-order valence-corrected chi connectivity index (χ4v) is 2.45. The van der Waals surface area contributed by atoms with Crippen LogP contribution in [-0.2, 0) is 11.2 Å². The summed E-state index contributed by atoms with van der Waals surface area (Å²) in [5, 5.41) is 2.96. The van der Waals surface area contributed by atoms with Crippen molar-refractivity contribution in [3.8, 4) is 5.75 Å². The third kappa shape index (κ3) is 4.22. The predicted molar refractivity (Wildman–Crippen MR) is 95.7 cm³/mol. The van der Waals surface area contributed by atoms with Gasteiger partial charge in [0.15, 0.2) is 11.9 Å². The van der Waals surface area contributed by atoms with Crippen molar-refractivity contribution in [2.24, 2.45) is 0 Å². The van der Waals surface area contributed by atoms with Crippen LogP contribution in [0.2, 0.25) is 0 Å². The molecule has 0 unspecified atom stereocenters. The van der Waals surface area contributed by atoms with Gasteiger partial charge in [-0.1, -0.05) is 25.1 Å². The van der Waals surface area contributed by atoms with Gasteiger partial charge < -0.3 is 10.1 Å². The molecule has 126 valence electrons. The molecule has 1 atom stereocenters. The van der Waals surface area contributed by atoms with Crippen molar-refractivity contribution < 1.29 is 14.3 Å². The molecule has 0 bridgehead atoms. The summed E-state index contributed by atoms with van der Waals surface area (Å²) in [5.41, 5.74) is 3.60. The second-order valence-corrected chi connectivity index (χ2v) is 5.79. The summed E-state index contributed by atoms with van der Waals surface area (Å²) in [7, 11) is 0. The molecule has 0 radical (unpaired) electrons. The van der Waals surface area contributed by atoms with Crippen molar-refractivity contribution >= 4 is 17.4 Å². The molecule has 24 heavy (non-hydrogen) atoms. The highest BCUT2D eigenvalue weighted by molar-refractivity contribution is 5.96. The Balaban J connectivity index is 2.06. The summed E-state index contributed by atoms with van der Waals surface area (Å²) in [6.07, 6.45) is 0.205. The predicted octanol–water partition coefficient (Wildman–Crippen LogP) is 4.17. The Labute approximate surface area is 142 Å². The summed E-state index contributed by atoms with van der Waals surface area (Å²) in [6.45, 7) is 7.25. The number of Topliss-reactive ketones (excluding diaryl/α,β-unsaturated/α-hetero) is 1. The van der Waals surface area contributed by atoms with E-state index in [1.165, 1.54) is 6.92 Å². The van der Waals surface area contributed by atoms with Crippen molar-refractivity contribution in [1.82, 2.24) is 0 Å². The van der Waals surface area contributed by atoms with Crippen LogP contribution in [0, 0.1) is 6.92 Å². The summed E-state index contributed by atoms with van der Waals surface area (Å²) < 4.78 is 5.67. The van der Waals surface area contributed by atoms with Crippen LogP contribution in [0.25, 0.3) is 0 Å². The van der Waals surface area contributed by atoms with Crippen molar-refractivity contribution in [2.45, 2.75) is 40.2 Å². The van der Waals surface area contributed by atoms with Crippen LogP contribution in [-0.4, -0.2) is 17.8 Å². The van der Waals surface area contributed by atoms with E-state index in [2.05, 4.69) is 12.2 Å². The molecular weight excluding hydrogens is 302 g/mol. The van der Waals surface area contributed by atoms with Crippen molar-refractivity contribution in [3.63, 3.8) is 0 Å². The number of hydrogen-bond donors (Lipinski definition) is 1. The molecule has 2 aromatic carbocycles. The zero-order valence-electron chi connectivity index (χ0n) is 14.6. The molecule has 2 aromatic rings. The zero-order chi connectivity index (χ0) is 17.7. The molecule has 1 amide bonds. The van der Waals surface area contributed by atoms with Gasteiger partial charge in [-0.2, -0.15) is 0 Å². The smallest absolute Gasteiger partial charge is 0.265 e. The number of carbonyl (C=O) groups is 2. The van der Waals surface area contributed by atoms with Crippen LogP contribution in [0.15, 0.2) is 42.5 Å². The van der Waals surface area contributed by atoms with E-state index in [1.54, 1.807) is 31.2 Å². The Kier molecular flexibility index (Phi) is 5.74. The lowest BCUT2D eigenvalue weighted by Gasteiger charge is -2.18. The topological polar surface area (TPSA) is 55.4 Å². The maximum atomic E-state index is 12.4. The monoisotopic (exact) mass is 325 g/mol. The first-order chi connectivity index (χ1) is 11.4. The number of rotatable bonds is 6. The SMILES string of the molecule is CCc1cccc(C)c1NC(=O)[C@@H](C)Oc1ccc(C(C)=O)cc1. The van der Waals surface area contributed by atoms with Gasteiger partial charge in [0, 0.05) is 11.3 Å². The number of ketones is 1. The molecule has 4 heteroatoms. The first kappa shape index (κ1) is 17.7. The highest BCUT2D eigenvalue weighted by Gasteiger charge is 2.17. The second-order valence-electron chi connectivity index (χ2n) is 5.79. The zero-order valence-corrected chi connectivity index (χ0v) is 14.6. The number of carbonyl (C=O) groups excluding carboxylic acids is 2. The summed E-state index contributed by atoms with van der Waals surface area (Å²) in [5.74, 6) is 0.358. The molecule has 0 aromatic heterocycles. The molecule has 1 N–H and O–H groups in total. The van der Waals surface area contributed by atoms with E-state index >= 15 is 0 Å². The lowest BCUT2D eigenvalue weighted by Crippen LogP contribution is -2.30. The lowest BCUT2D eigenvalue weighted by atomic mass is 10.1. The Morgan fingerprint density at radius 1 is 1.12 bits per heavy atom. The van der Waals surface area contributed by atoms with Gasteiger partial charge in [-0.25, -0.2) is 0 Å². The van der Waals surface area contributed by atoms with Crippen molar-refractivity contribution in [1.29, 1.82) is 0 Å². The van der Waals surface area contributed by atoms with Gasteiger partial charge in [0.2, 0.25) is 0 Å².